The van der Waals surface area contributed by atoms with Crippen LogP contribution in [0.15, 0.2) is 24.3 Å². The first-order valence-electron chi connectivity index (χ1n) is 7.48. The second-order valence-electron chi connectivity index (χ2n) is 5.82. The summed E-state index contributed by atoms with van der Waals surface area (Å²) < 4.78 is 10.6. The maximum Gasteiger partial charge on any atom is 0.407 e. The van der Waals surface area contributed by atoms with Crippen LogP contribution in [0.25, 0.3) is 0 Å². The van der Waals surface area contributed by atoms with Gasteiger partial charge in [-0.2, -0.15) is 0 Å². The molecule has 0 aliphatic heterocycles. The molecule has 7 nitrogen and oxygen atoms in total. The van der Waals surface area contributed by atoms with Gasteiger partial charge in [0, 0.05) is 11.8 Å². The Labute approximate surface area is 142 Å². The highest BCUT2D eigenvalue weighted by molar-refractivity contribution is 5.89. The van der Waals surface area contributed by atoms with E-state index < -0.39 is 17.7 Å². The molecule has 0 spiro atoms. The summed E-state index contributed by atoms with van der Waals surface area (Å²) in [5, 5.41) is 7.73. The Morgan fingerprint density at radius 3 is 2.67 bits per heavy atom. The number of hydrogen-bond acceptors (Lipinski definition) is 4. The lowest BCUT2D eigenvalue weighted by Crippen LogP contribution is -2.34. The lowest BCUT2D eigenvalue weighted by Gasteiger charge is -2.19. The van der Waals surface area contributed by atoms with Gasteiger partial charge in [-0.25, -0.2) is 9.59 Å². The SMILES string of the molecule is C#CCNC(=O)Nc1cccc(OCCNC(=O)OC(C)(C)C)c1. The van der Waals surface area contributed by atoms with E-state index in [9.17, 15) is 9.59 Å². The number of rotatable bonds is 6. The van der Waals surface area contributed by atoms with Crippen molar-refractivity contribution < 1.29 is 19.1 Å². The van der Waals surface area contributed by atoms with Gasteiger partial charge in [0.2, 0.25) is 0 Å². The van der Waals surface area contributed by atoms with Crippen molar-refractivity contribution in [2.24, 2.45) is 0 Å². The van der Waals surface area contributed by atoms with E-state index in [0.29, 0.717) is 18.0 Å². The van der Waals surface area contributed by atoms with E-state index in [0.717, 1.165) is 0 Å². The molecule has 0 atom stereocenters. The summed E-state index contributed by atoms with van der Waals surface area (Å²) in [5.41, 5.74) is 0.0346. The van der Waals surface area contributed by atoms with Crippen molar-refractivity contribution in [2.45, 2.75) is 26.4 Å². The first kappa shape index (κ1) is 19.2. The molecule has 3 N–H and O–H groups in total. The largest absolute Gasteiger partial charge is 0.492 e. The van der Waals surface area contributed by atoms with Crippen molar-refractivity contribution in [1.29, 1.82) is 0 Å². The van der Waals surface area contributed by atoms with Crippen molar-refractivity contribution in [3.05, 3.63) is 24.3 Å². The fourth-order valence-corrected chi connectivity index (χ4v) is 1.61. The summed E-state index contributed by atoms with van der Waals surface area (Å²) >= 11 is 0. The first-order valence-corrected chi connectivity index (χ1v) is 7.48. The zero-order valence-electron chi connectivity index (χ0n) is 14.1. The van der Waals surface area contributed by atoms with Crippen molar-refractivity contribution in [1.82, 2.24) is 10.6 Å². The van der Waals surface area contributed by atoms with Gasteiger partial charge in [0.25, 0.3) is 0 Å². The third-order valence-corrected chi connectivity index (χ3v) is 2.48. The molecule has 0 saturated heterocycles. The monoisotopic (exact) mass is 333 g/mol. The van der Waals surface area contributed by atoms with E-state index >= 15 is 0 Å². The topological polar surface area (TPSA) is 88.7 Å². The molecule has 1 aromatic rings. The van der Waals surface area contributed by atoms with E-state index in [2.05, 4.69) is 21.9 Å². The molecular formula is C17H23N3O4. The Morgan fingerprint density at radius 1 is 1.25 bits per heavy atom. The highest BCUT2D eigenvalue weighted by Gasteiger charge is 2.15. The molecule has 0 unspecified atom stereocenters. The normalized spacial score (nSPS) is 10.2. The Kier molecular flexibility index (Phi) is 7.43. The number of hydrogen-bond donors (Lipinski definition) is 3. The molecule has 0 heterocycles. The van der Waals surface area contributed by atoms with Gasteiger partial charge >= 0.3 is 12.1 Å². The van der Waals surface area contributed by atoms with Crippen LogP contribution in [0.3, 0.4) is 0 Å². The Bertz CT molecular complexity index is 603. The number of urea groups is 1. The zero-order chi connectivity index (χ0) is 18.0. The second-order valence-corrected chi connectivity index (χ2v) is 5.82. The van der Waals surface area contributed by atoms with E-state index in [1.807, 2.05) is 0 Å². The van der Waals surface area contributed by atoms with Gasteiger partial charge in [-0.3, -0.25) is 0 Å². The lowest BCUT2D eigenvalue weighted by molar-refractivity contribution is 0.0520. The molecule has 130 valence electrons. The van der Waals surface area contributed by atoms with Gasteiger partial charge < -0.3 is 25.4 Å². The van der Waals surface area contributed by atoms with Crippen molar-refractivity contribution in [2.75, 3.05) is 25.0 Å². The number of nitrogens with one attached hydrogen (secondary N) is 3. The fraction of sp³-hybridized carbons (Fsp3) is 0.412. The summed E-state index contributed by atoms with van der Waals surface area (Å²) in [6.07, 6.45) is 4.57. The first-order chi connectivity index (χ1) is 11.3. The minimum atomic E-state index is -0.537. The van der Waals surface area contributed by atoms with E-state index in [-0.39, 0.29) is 13.2 Å². The number of terminal acetylenes is 1. The minimum Gasteiger partial charge on any atom is -0.492 e. The fourth-order valence-electron chi connectivity index (χ4n) is 1.61. The average Bonchev–Trinajstić information content (AvgIpc) is 2.48. The smallest absolute Gasteiger partial charge is 0.407 e. The van der Waals surface area contributed by atoms with Crippen LogP contribution >= 0.6 is 0 Å². The molecule has 0 bridgehead atoms. The molecule has 7 heteroatoms. The van der Waals surface area contributed by atoms with E-state index in [1.165, 1.54) is 0 Å². The predicted octanol–water partition coefficient (Wildman–Crippen LogP) is 2.34. The van der Waals surface area contributed by atoms with Gasteiger partial charge in [-0.1, -0.05) is 12.0 Å². The quantitative estimate of drug-likeness (QED) is 0.551. The number of carbonyl (C=O) groups excluding carboxylic acids is 2. The van der Waals surface area contributed by atoms with Gasteiger partial charge in [-0.05, 0) is 32.9 Å². The molecular weight excluding hydrogens is 310 g/mol. The molecule has 0 aliphatic carbocycles. The third-order valence-electron chi connectivity index (χ3n) is 2.48. The van der Waals surface area contributed by atoms with Crippen LogP contribution in [-0.4, -0.2) is 37.4 Å². The molecule has 0 radical (unpaired) electrons. The molecule has 3 amide bonds. The van der Waals surface area contributed by atoms with Gasteiger partial charge in [-0.15, -0.1) is 6.42 Å². The molecule has 0 fully saturated rings. The van der Waals surface area contributed by atoms with Gasteiger partial charge in [0.05, 0.1) is 13.1 Å². The number of carbonyl (C=O) groups is 2. The van der Waals surface area contributed by atoms with Crippen molar-refractivity contribution >= 4 is 17.8 Å². The average molecular weight is 333 g/mol. The summed E-state index contributed by atoms with van der Waals surface area (Å²) in [6.45, 7) is 6.10. The molecule has 0 aromatic heterocycles. The number of anilines is 1. The minimum absolute atomic E-state index is 0.151. The lowest BCUT2D eigenvalue weighted by atomic mass is 10.2. The maximum absolute atomic E-state index is 11.5. The second kappa shape index (κ2) is 9.30. The van der Waals surface area contributed by atoms with E-state index in [1.54, 1.807) is 45.0 Å². The zero-order valence-corrected chi connectivity index (χ0v) is 14.1. The standard InChI is InChI=1S/C17H23N3O4/c1-5-9-18-15(21)20-13-7-6-8-14(12-13)23-11-10-19-16(22)24-17(2,3)4/h1,6-8,12H,9-11H2,2-4H3,(H,19,22)(H2,18,20,21). The maximum atomic E-state index is 11.5. The molecule has 0 saturated carbocycles. The molecule has 1 aromatic carbocycles. The Hall–Kier alpha value is -2.88. The molecule has 24 heavy (non-hydrogen) atoms. The molecule has 0 aliphatic rings. The van der Waals surface area contributed by atoms with Crippen LogP contribution < -0.4 is 20.7 Å². The van der Waals surface area contributed by atoms with Crippen LogP contribution in [0.4, 0.5) is 15.3 Å². The van der Waals surface area contributed by atoms with Crippen molar-refractivity contribution in [3.8, 4) is 18.1 Å². The number of amides is 3. The third kappa shape index (κ3) is 8.54. The van der Waals surface area contributed by atoms with Crippen LogP contribution in [0, 0.1) is 12.3 Å². The van der Waals surface area contributed by atoms with Crippen LogP contribution in [0.5, 0.6) is 5.75 Å². The van der Waals surface area contributed by atoms with Crippen molar-refractivity contribution in [3.63, 3.8) is 0 Å². The van der Waals surface area contributed by atoms with Crippen LogP contribution in [-0.2, 0) is 4.74 Å². The number of benzene rings is 1. The molecule has 1 rings (SSSR count). The van der Waals surface area contributed by atoms with E-state index in [4.69, 9.17) is 15.9 Å². The highest BCUT2D eigenvalue weighted by atomic mass is 16.6. The highest BCUT2D eigenvalue weighted by Crippen LogP contribution is 2.17. The summed E-state index contributed by atoms with van der Waals surface area (Å²) in [4.78, 5) is 23.0. The predicted molar refractivity (Wildman–Crippen MR) is 92.0 cm³/mol. The summed E-state index contributed by atoms with van der Waals surface area (Å²) in [6, 6.07) is 6.49. The number of alkyl carbamates (subject to hydrolysis) is 1. The summed E-state index contributed by atoms with van der Waals surface area (Å²) in [7, 11) is 0. The van der Waals surface area contributed by atoms with Gasteiger partial charge in [0.1, 0.15) is 18.0 Å². The van der Waals surface area contributed by atoms with Gasteiger partial charge in [0.15, 0.2) is 0 Å². The Morgan fingerprint density at radius 2 is 2.00 bits per heavy atom. The summed E-state index contributed by atoms with van der Waals surface area (Å²) in [5.74, 6) is 2.88. The Balaban J connectivity index is 2.36. The van der Waals surface area contributed by atoms with Crippen LogP contribution in [0.2, 0.25) is 0 Å². The van der Waals surface area contributed by atoms with Crippen LogP contribution in [0.1, 0.15) is 20.8 Å². The number of ether oxygens (including phenoxy) is 2.